The third kappa shape index (κ3) is 1.58. The molecule has 3 nitrogen and oxygen atoms in total. The first kappa shape index (κ1) is 10.7. The minimum Gasteiger partial charge on any atom is -0.464 e. The lowest BCUT2D eigenvalue weighted by Crippen LogP contribution is -2.08. The third-order valence-electron chi connectivity index (χ3n) is 2.71. The third-order valence-corrected chi connectivity index (χ3v) is 2.71. The molecule has 0 radical (unpaired) electrons. The molecule has 0 bridgehead atoms. The largest absolute Gasteiger partial charge is 0.464 e. The summed E-state index contributed by atoms with van der Waals surface area (Å²) in [7, 11) is 1.41. The standard InChI is InChI=1S/C13H15NO2/c1-9(2)11-8-10-6-4-5-7-14(10)12(11)13(15)16-3/h4-9H,1-3H3. The number of fused-ring (bicyclic) bond motifs is 1. The highest BCUT2D eigenvalue weighted by molar-refractivity contribution is 5.91. The van der Waals surface area contributed by atoms with Crippen LogP contribution in [0.15, 0.2) is 30.5 Å². The fourth-order valence-corrected chi connectivity index (χ4v) is 1.90. The highest BCUT2D eigenvalue weighted by Gasteiger charge is 2.19. The summed E-state index contributed by atoms with van der Waals surface area (Å²) in [4.78, 5) is 11.8. The van der Waals surface area contributed by atoms with Gasteiger partial charge >= 0.3 is 5.97 Å². The van der Waals surface area contributed by atoms with Gasteiger partial charge in [0.15, 0.2) is 0 Å². The van der Waals surface area contributed by atoms with Crippen molar-refractivity contribution in [3.05, 3.63) is 41.7 Å². The van der Waals surface area contributed by atoms with Gasteiger partial charge in [-0.1, -0.05) is 19.9 Å². The quantitative estimate of drug-likeness (QED) is 0.724. The highest BCUT2D eigenvalue weighted by atomic mass is 16.5. The van der Waals surface area contributed by atoms with Crippen LogP contribution in [0.2, 0.25) is 0 Å². The topological polar surface area (TPSA) is 30.7 Å². The number of hydrogen-bond acceptors (Lipinski definition) is 2. The van der Waals surface area contributed by atoms with E-state index in [4.69, 9.17) is 4.74 Å². The first-order valence-electron chi connectivity index (χ1n) is 5.33. The fraction of sp³-hybridized carbons (Fsp3) is 0.308. The molecule has 0 atom stereocenters. The van der Waals surface area contributed by atoms with Gasteiger partial charge in [-0.15, -0.1) is 0 Å². The summed E-state index contributed by atoms with van der Waals surface area (Å²) in [6, 6.07) is 7.89. The second kappa shape index (κ2) is 4.00. The number of ether oxygens (including phenoxy) is 1. The van der Waals surface area contributed by atoms with Gasteiger partial charge in [-0.2, -0.15) is 0 Å². The average molecular weight is 217 g/mol. The van der Waals surface area contributed by atoms with Crippen LogP contribution in [0.3, 0.4) is 0 Å². The highest BCUT2D eigenvalue weighted by Crippen LogP contribution is 2.24. The van der Waals surface area contributed by atoms with Crippen molar-refractivity contribution in [1.82, 2.24) is 4.40 Å². The second-order valence-corrected chi connectivity index (χ2v) is 4.09. The molecule has 0 saturated heterocycles. The number of carbonyl (C=O) groups excluding carboxylic acids is 1. The molecule has 0 saturated carbocycles. The maximum absolute atomic E-state index is 11.8. The number of methoxy groups -OCH3 is 1. The lowest BCUT2D eigenvalue weighted by molar-refractivity contribution is 0.0591. The summed E-state index contributed by atoms with van der Waals surface area (Å²) in [6.45, 7) is 4.14. The van der Waals surface area contributed by atoms with Crippen LogP contribution >= 0.6 is 0 Å². The van der Waals surface area contributed by atoms with Gasteiger partial charge in [0, 0.05) is 11.7 Å². The van der Waals surface area contributed by atoms with Crippen LogP contribution in [-0.2, 0) is 4.74 Å². The van der Waals surface area contributed by atoms with E-state index in [0.717, 1.165) is 11.1 Å². The molecule has 0 fully saturated rings. The van der Waals surface area contributed by atoms with Crippen LogP contribution in [0.4, 0.5) is 0 Å². The zero-order valence-corrected chi connectivity index (χ0v) is 9.73. The Morgan fingerprint density at radius 1 is 1.38 bits per heavy atom. The zero-order chi connectivity index (χ0) is 11.7. The van der Waals surface area contributed by atoms with Gasteiger partial charge in [0.1, 0.15) is 5.69 Å². The molecule has 2 aromatic rings. The fourth-order valence-electron chi connectivity index (χ4n) is 1.90. The number of aromatic nitrogens is 1. The van der Waals surface area contributed by atoms with E-state index in [1.807, 2.05) is 34.9 Å². The van der Waals surface area contributed by atoms with E-state index in [0.29, 0.717) is 11.6 Å². The van der Waals surface area contributed by atoms with Crippen LogP contribution in [0.1, 0.15) is 35.8 Å². The van der Waals surface area contributed by atoms with Crippen molar-refractivity contribution < 1.29 is 9.53 Å². The summed E-state index contributed by atoms with van der Waals surface area (Å²) in [6.07, 6.45) is 1.88. The molecule has 0 N–H and O–H groups in total. The van der Waals surface area contributed by atoms with E-state index < -0.39 is 0 Å². The molecular weight excluding hydrogens is 202 g/mol. The first-order chi connectivity index (χ1) is 7.65. The summed E-state index contributed by atoms with van der Waals surface area (Å²) < 4.78 is 6.71. The molecule has 16 heavy (non-hydrogen) atoms. The van der Waals surface area contributed by atoms with E-state index in [-0.39, 0.29) is 5.97 Å². The maximum Gasteiger partial charge on any atom is 0.355 e. The Morgan fingerprint density at radius 2 is 2.12 bits per heavy atom. The Hall–Kier alpha value is -1.77. The predicted octanol–water partition coefficient (Wildman–Crippen LogP) is 2.85. The summed E-state index contributed by atoms with van der Waals surface area (Å²) in [5.74, 6) is 0.0175. The van der Waals surface area contributed by atoms with Gasteiger partial charge in [-0.05, 0) is 29.7 Å². The second-order valence-electron chi connectivity index (χ2n) is 4.09. The Morgan fingerprint density at radius 3 is 2.75 bits per heavy atom. The summed E-state index contributed by atoms with van der Waals surface area (Å²) in [5, 5.41) is 0. The maximum atomic E-state index is 11.8. The number of pyridine rings is 1. The van der Waals surface area contributed by atoms with Gasteiger partial charge in [0.05, 0.1) is 7.11 Å². The Bertz CT molecular complexity index is 526. The van der Waals surface area contributed by atoms with Gasteiger partial charge in [-0.25, -0.2) is 4.79 Å². The van der Waals surface area contributed by atoms with Crippen LogP contribution in [0, 0.1) is 0 Å². The number of carbonyl (C=O) groups is 1. The van der Waals surface area contributed by atoms with Crippen molar-refractivity contribution in [2.24, 2.45) is 0 Å². The molecule has 0 amide bonds. The molecule has 84 valence electrons. The molecule has 0 aliphatic carbocycles. The van der Waals surface area contributed by atoms with E-state index in [1.165, 1.54) is 7.11 Å². The van der Waals surface area contributed by atoms with Crippen LogP contribution < -0.4 is 0 Å². The average Bonchev–Trinajstić information content (AvgIpc) is 2.67. The van der Waals surface area contributed by atoms with Crippen LogP contribution in [0.25, 0.3) is 5.52 Å². The van der Waals surface area contributed by atoms with E-state index >= 15 is 0 Å². The number of esters is 1. The van der Waals surface area contributed by atoms with E-state index in [1.54, 1.807) is 0 Å². The first-order valence-corrected chi connectivity index (χ1v) is 5.33. The van der Waals surface area contributed by atoms with Crippen molar-refractivity contribution in [1.29, 1.82) is 0 Å². The summed E-state index contributed by atoms with van der Waals surface area (Å²) >= 11 is 0. The van der Waals surface area contributed by atoms with Crippen LogP contribution in [0.5, 0.6) is 0 Å². The monoisotopic (exact) mass is 217 g/mol. The SMILES string of the molecule is COC(=O)c1c(C(C)C)cc2ccccn12. The van der Waals surface area contributed by atoms with Crippen LogP contribution in [-0.4, -0.2) is 17.5 Å². The number of nitrogens with zero attached hydrogens (tertiary/aromatic N) is 1. The Labute approximate surface area is 94.6 Å². The van der Waals surface area contributed by atoms with Gasteiger partial charge in [0.2, 0.25) is 0 Å². The molecule has 2 rings (SSSR count). The van der Waals surface area contributed by atoms with Crippen molar-refractivity contribution in [2.75, 3.05) is 7.11 Å². The normalized spacial score (nSPS) is 11.0. The zero-order valence-electron chi connectivity index (χ0n) is 9.73. The van der Waals surface area contributed by atoms with E-state index in [9.17, 15) is 4.79 Å². The van der Waals surface area contributed by atoms with Crippen molar-refractivity contribution in [2.45, 2.75) is 19.8 Å². The minimum atomic E-state index is -0.283. The predicted molar refractivity (Wildman–Crippen MR) is 62.8 cm³/mol. The van der Waals surface area contributed by atoms with Gasteiger partial charge in [0.25, 0.3) is 0 Å². The lowest BCUT2D eigenvalue weighted by Gasteiger charge is -2.06. The van der Waals surface area contributed by atoms with Crippen molar-refractivity contribution >= 4 is 11.5 Å². The molecule has 0 unspecified atom stereocenters. The molecule has 2 aromatic heterocycles. The molecule has 2 heterocycles. The molecule has 0 aromatic carbocycles. The van der Waals surface area contributed by atoms with Crippen molar-refractivity contribution in [3.8, 4) is 0 Å². The lowest BCUT2D eigenvalue weighted by atomic mass is 10.0. The number of rotatable bonds is 2. The molecule has 0 spiro atoms. The Balaban J connectivity index is 2.74. The molecule has 0 aliphatic heterocycles. The Kier molecular flexibility index (Phi) is 2.69. The molecule has 3 heteroatoms. The molecular formula is C13H15NO2. The summed E-state index contributed by atoms with van der Waals surface area (Å²) in [5.41, 5.74) is 2.68. The van der Waals surface area contributed by atoms with Crippen molar-refractivity contribution in [3.63, 3.8) is 0 Å². The van der Waals surface area contributed by atoms with E-state index in [2.05, 4.69) is 13.8 Å². The minimum absolute atomic E-state index is 0.283. The van der Waals surface area contributed by atoms with Gasteiger partial charge in [-0.3, -0.25) is 0 Å². The van der Waals surface area contributed by atoms with Gasteiger partial charge < -0.3 is 9.14 Å². The number of hydrogen-bond donors (Lipinski definition) is 0. The molecule has 0 aliphatic rings. The smallest absolute Gasteiger partial charge is 0.355 e.